The van der Waals surface area contributed by atoms with E-state index in [0.29, 0.717) is 25.8 Å². The lowest BCUT2D eigenvalue weighted by Gasteiger charge is -2.32. The molecule has 23 heavy (non-hydrogen) atoms. The third kappa shape index (κ3) is 5.53. The molecule has 0 spiro atoms. The fourth-order valence-electron chi connectivity index (χ4n) is 3.16. The van der Waals surface area contributed by atoms with Crippen LogP contribution in [0, 0.1) is 11.8 Å². The van der Waals surface area contributed by atoms with Crippen LogP contribution in [0.1, 0.15) is 32.1 Å². The Labute approximate surface area is 139 Å². The molecule has 2 rings (SSSR count). The Balaban J connectivity index is 0.00000264. The fraction of sp³-hybridized carbons (Fsp3) is 0.857. The molecule has 0 bridgehead atoms. The summed E-state index contributed by atoms with van der Waals surface area (Å²) in [5.74, 6) is -1.70. The molecule has 1 saturated carbocycles. The predicted molar refractivity (Wildman–Crippen MR) is 80.9 cm³/mol. The molecule has 0 aromatic carbocycles. The maximum absolute atomic E-state index is 12.3. The Morgan fingerprint density at radius 3 is 2.22 bits per heavy atom. The summed E-state index contributed by atoms with van der Waals surface area (Å²) in [6.45, 7) is 0.638. The highest BCUT2D eigenvalue weighted by Crippen LogP contribution is 2.25. The van der Waals surface area contributed by atoms with Crippen molar-refractivity contribution < 1.29 is 22.8 Å². The van der Waals surface area contributed by atoms with E-state index in [0.717, 1.165) is 17.7 Å². The number of carbonyl (C=O) groups excluding carboxylic acids is 2. The van der Waals surface area contributed by atoms with Crippen LogP contribution in [0.5, 0.6) is 0 Å². The van der Waals surface area contributed by atoms with Gasteiger partial charge in [0.15, 0.2) is 0 Å². The van der Waals surface area contributed by atoms with Crippen LogP contribution in [-0.2, 0) is 9.59 Å². The van der Waals surface area contributed by atoms with Crippen LogP contribution in [0.25, 0.3) is 0 Å². The van der Waals surface area contributed by atoms with E-state index >= 15 is 0 Å². The molecule has 1 aliphatic heterocycles. The minimum Gasteiger partial charge on any atom is -0.356 e. The lowest BCUT2D eigenvalue weighted by atomic mass is 9.96. The van der Waals surface area contributed by atoms with Gasteiger partial charge < -0.3 is 16.0 Å². The summed E-state index contributed by atoms with van der Waals surface area (Å²) in [5.41, 5.74) is 5.77. The minimum atomic E-state index is -4.80. The van der Waals surface area contributed by atoms with E-state index in [9.17, 15) is 22.8 Å². The molecule has 3 N–H and O–H groups in total. The third-order valence-corrected chi connectivity index (χ3v) is 4.55. The van der Waals surface area contributed by atoms with Gasteiger partial charge in [-0.1, -0.05) is 0 Å². The minimum absolute atomic E-state index is 0. The van der Waals surface area contributed by atoms with Gasteiger partial charge in [0.25, 0.3) is 0 Å². The Morgan fingerprint density at radius 2 is 1.74 bits per heavy atom. The summed E-state index contributed by atoms with van der Waals surface area (Å²) in [4.78, 5) is 23.9. The van der Waals surface area contributed by atoms with E-state index in [1.807, 2.05) is 0 Å². The smallest absolute Gasteiger partial charge is 0.356 e. The van der Waals surface area contributed by atoms with E-state index in [1.165, 1.54) is 0 Å². The average molecular weight is 358 g/mol. The SMILES string of the molecule is Cl.NC1CCC(C(=O)NCC2CCN(C(=O)C(F)(F)F)CC2)C1. The lowest BCUT2D eigenvalue weighted by Crippen LogP contribution is -2.47. The molecule has 1 saturated heterocycles. The number of hydrogen-bond donors (Lipinski definition) is 2. The second kappa shape index (κ2) is 8.19. The number of nitrogens with zero attached hydrogens (tertiary/aromatic N) is 1. The van der Waals surface area contributed by atoms with Crippen LogP contribution in [0.2, 0.25) is 0 Å². The Hall–Kier alpha value is -1.02. The predicted octanol–water partition coefficient (Wildman–Crippen LogP) is 1.45. The average Bonchev–Trinajstić information content (AvgIpc) is 2.90. The van der Waals surface area contributed by atoms with Crippen molar-refractivity contribution in [2.45, 2.75) is 44.3 Å². The highest BCUT2D eigenvalue weighted by Gasteiger charge is 2.43. The Kier molecular flexibility index (Phi) is 7.13. The fourth-order valence-corrected chi connectivity index (χ4v) is 3.16. The summed E-state index contributed by atoms with van der Waals surface area (Å²) in [6, 6.07) is 0.0902. The van der Waals surface area contributed by atoms with Gasteiger partial charge in [-0.2, -0.15) is 13.2 Å². The summed E-state index contributed by atoms with van der Waals surface area (Å²) >= 11 is 0. The summed E-state index contributed by atoms with van der Waals surface area (Å²) in [5, 5.41) is 2.87. The van der Waals surface area contributed by atoms with Gasteiger partial charge >= 0.3 is 12.1 Å². The summed E-state index contributed by atoms with van der Waals surface area (Å²) in [7, 11) is 0. The van der Waals surface area contributed by atoms with E-state index in [2.05, 4.69) is 5.32 Å². The molecule has 134 valence electrons. The van der Waals surface area contributed by atoms with Gasteiger partial charge in [0, 0.05) is 31.6 Å². The number of piperidine rings is 1. The first kappa shape index (κ1) is 20.0. The number of carbonyl (C=O) groups is 2. The van der Waals surface area contributed by atoms with Crippen LogP contribution in [0.3, 0.4) is 0 Å². The second-order valence-corrected chi connectivity index (χ2v) is 6.25. The quantitative estimate of drug-likeness (QED) is 0.802. The number of nitrogens with one attached hydrogen (secondary N) is 1. The van der Waals surface area contributed by atoms with Gasteiger partial charge in [-0.05, 0) is 38.0 Å². The van der Waals surface area contributed by atoms with Crippen LogP contribution in [0.15, 0.2) is 0 Å². The van der Waals surface area contributed by atoms with Crippen molar-refractivity contribution in [3.63, 3.8) is 0 Å². The molecule has 5 nitrogen and oxygen atoms in total. The number of alkyl halides is 3. The summed E-state index contributed by atoms with van der Waals surface area (Å²) < 4.78 is 37.0. The molecule has 2 unspecified atom stereocenters. The number of rotatable bonds is 3. The van der Waals surface area contributed by atoms with Crippen LogP contribution >= 0.6 is 12.4 Å². The van der Waals surface area contributed by atoms with Crippen molar-refractivity contribution in [3.8, 4) is 0 Å². The second-order valence-electron chi connectivity index (χ2n) is 6.25. The normalized spacial score (nSPS) is 25.8. The monoisotopic (exact) mass is 357 g/mol. The van der Waals surface area contributed by atoms with Crippen LogP contribution < -0.4 is 11.1 Å². The van der Waals surface area contributed by atoms with Crippen molar-refractivity contribution >= 4 is 24.2 Å². The zero-order valence-electron chi connectivity index (χ0n) is 12.8. The zero-order chi connectivity index (χ0) is 16.3. The number of likely N-dealkylation sites (tertiary alicyclic amines) is 1. The molecule has 1 aliphatic carbocycles. The Morgan fingerprint density at radius 1 is 1.13 bits per heavy atom. The molecule has 2 aliphatic rings. The molecule has 2 atom stereocenters. The first-order chi connectivity index (χ1) is 10.3. The van der Waals surface area contributed by atoms with E-state index in [4.69, 9.17) is 5.73 Å². The van der Waals surface area contributed by atoms with Gasteiger partial charge in [0.2, 0.25) is 5.91 Å². The first-order valence-corrected chi connectivity index (χ1v) is 7.66. The van der Waals surface area contributed by atoms with Gasteiger partial charge in [-0.25, -0.2) is 0 Å². The lowest BCUT2D eigenvalue weighted by molar-refractivity contribution is -0.186. The maximum atomic E-state index is 12.3. The highest BCUT2D eigenvalue weighted by atomic mass is 35.5. The molecule has 0 radical (unpaired) electrons. The molecular formula is C14H23ClF3N3O2. The molecule has 9 heteroatoms. The van der Waals surface area contributed by atoms with Crippen molar-refractivity contribution in [1.29, 1.82) is 0 Å². The molecular weight excluding hydrogens is 335 g/mol. The van der Waals surface area contributed by atoms with E-state index in [1.54, 1.807) is 0 Å². The highest BCUT2D eigenvalue weighted by molar-refractivity contribution is 5.85. The van der Waals surface area contributed by atoms with Gasteiger partial charge in [-0.15, -0.1) is 12.4 Å². The third-order valence-electron chi connectivity index (χ3n) is 4.55. The number of amides is 2. The van der Waals surface area contributed by atoms with Gasteiger partial charge in [0.05, 0.1) is 0 Å². The van der Waals surface area contributed by atoms with Gasteiger partial charge in [-0.3, -0.25) is 9.59 Å². The Bertz CT molecular complexity index is 426. The molecule has 2 amide bonds. The number of hydrogen-bond acceptors (Lipinski definition) is 3. The molecule has 2 fully saturated rings. The molecule has 0 aromatic heterocycles. The van der Waals surface area contributed by atoms with Gasteiger partial charge in [0.1, 0.15) is 0 Å². The zero-order valence-corrected chi connectivity index (χ0v) is 13.6. The van der Waals surface area contributed by atoms with Crippen molar-refractivity contribution in [3.05, 3.63) is 0 Å². The van der Waals surface area contributed by atoms with E-state index in [-0.39, 0.29) is 49.3 Å². The first-order valence-electron chi connectivity index (χ1n) is 7.66. The molecule has 0 aromatic rings. The number of halogens is 4. The van der Waals surface area contributed by atoms with Crippen molar-refractivity contribution in [1.82, 2.24) is 10.2 Å². The number of nitrogens with two attached hydrogens (primary N) is 1. The van der Waals surface area contributed by atoms with Crippen LogP contribution in [0.4, 0.5) is 13.2 Å². The van der Waals surface area contributed by atoms with Crippen LogP contribution in [-0.4, -0.2) is 48.6 Å². The largest absolute Gasteiger partial charge is 0.471 e. The summed E-state index contributed by atoms with van der Waals surface area (Å²) in [6.07, 6.45) is -1.49. The standard InChI is InChI=1S/C14H22F3N3O2.ClH/c15-14(16,17)13(22)20-5-3-9(4-6-20)8-19-12(21)10-1-2-11(18)7-10;/h9-11H,1-8,18H2,(H,19,21);1H. The maximum Gasteiger partial charge on any atom is 0.471 e. The molecule has 1 heterocycles. The topological polar surface area (TPSA) is 75.4 Å². The van der Waals surface area contributed by atoms with Crippen molar-refractivity contribution in [2.75, 3.05) is 19.6 Å². The van der Waals surface area contributed by atoms with E-state index < -0.39 is 12.1 Å². The van der Waals surface area contributed by atoms with Crippen molar-refractivity contribution in [2.24, 2.45) is 17.6 Å².